The summed E-state index contributed by atoms with van der Waals surface area (Å²) in [5, 5.41) is 19.2. The number of H-pyrrole nitrogens is 1. The Balaban J connectivity index is 1.93. The van der Waals surface area contributed by atoms with Gasteiger partial charge in [0.05, 0.1) is 24.2 Å². The first-order valence-corrected chi connectivity index (χ1v) is 6.17. The minimum absolute atomic E-state index is 0.137. The van der Waals surface area contributed by atoms with Gasteiger partial charge in [-0.25, -0.2) is 4.98 Å². The number of hydrogen-bond donors (Lipinski definition) is 3. The first-order chi connectivity index (χ1) is 8.13. The molecule has 2 heterocycles. The van der Waals surface area contributed by atoms with E-state index in [1.54, 1.807) is 6.33 Å². The van der Waals surface area contributed by atoms with Crippen molar-refractivity contribution in [1.29, 1.82) is 0 Å². The van der Waals surface area contributed by atoms with Gasteiger partial charge in [-0.05, 0) is 32.7 Å². The van der Waals surface area contributed by atoms with E-state index in [2.05, 4.69) is 14.9 Å². The van der Waals surface area contributed by atoms with Gasteiger partial charge in [0.1, 0.15) is 0 Å². The summed E-state index contributed by atoms with van der Waals surface area (Å²) < 4.78 is 0. The van der Waals surface area contributed by atoms with Crippen LogP contribution < -0.4 is 0 Å². The van der Waals surface area contributed by atoms with Crippen molar-refractivity contribution < 1.29 is 10.2 Å². The molecule has 96 valence electrons. The van der Waals surface area contributed by atoms with Crippen LogP contribution in [0.5, 0.6) is 0 Å². The predicted octanol–water partition coefficient (Wildman–Crippen LogP) is 0.427. The summed E-state index contributed by atoms with van der Waals surface area (Å²) in [6.07, 6.45) is 3.94. The Morgan fingerprint density at radius 3 is 2.94 bits per heavy atom. The summed E-state index contributed by atoms with van der Waals surface area (Å²) in [7, 11) is 0. The van der Waals surface area contributed by atoms with Crippen LogP contribution >= 0.6 is 0 Å². The number of aromatic amines is 1. The number of rotatable bonds is 3. The maximum atomic E-state index is 10.1. The molecule has 1 saturated heterocycles. The molecule has 1 atom stereocenters. The lowest BCUT2D eigenvalue weighted by Gasteiger charge is -2.24. The molecule has 0 amide bonds. The van der Waals surface area contributed by atoms with Crippen molar-refractivity contribution in [3.63, 3.8) is 0 Å². The Morgan fingerprint density at radius 1 is 1.47 bits per heavy atom. The fraction of sp³-hybridized carbons (Fsp3) is 0.750. The van der Waals surface area contributed by atoms with E-state index in [0.717, 1.165) is 37.4 Å². The quantitative estimate of drug-likeness (QED) is 0.715. The molecule has 0 radical (unpaired) electrons. The van der Waals surface area contributed by atoms with Crippen LogP contribution in [0.1, 0.15) is 30.7 Å². The SMILES string of the molecule is Cc1[nH]cnc1CN1CCCC(O)(CO)CC1. The van der Waals surface area contributed by atoms with Crippen molar-refractivity contribution in [2.45, 2.75) is 38.3 Å². The van der Waals surface area contributed by atoms with E-state index >= 15 is 0 Å². The fourth-order valence-corrected chi connectivity index (χ4v) is 2.31. The average molecular weight is 239 g/mol. The molecule has 1 aromatic heterocycles. The maximum absolute atomic E-state index is 10.1. The summed E-state index contributed by atoms with van der Waals surface area (Å²) >= 11 is 0. The third kappa shape index (κ3) is 3.06. The van der Waals surface area contributed by atoms with Crippen molar-refractivity contribution in [3.8, 4) is 0 Å². The van der Waals surface area contributed by atoms with E-state index < -0.39 is 5.60 Å². The smallest absolute Gasteiger partial charge is 0.0925 e. The Hall–Kier alpha value is -0.910. The number of nitrogens with zero attached hydrogens (tertiary/aromatic N) is 2. The molecule has 5 heteroatoms. The number of aliphatic hydroxyl groups excluding tert-OH is 1. The van der Waals surface area contributed by atoms with E-state index in [-0.39, 0.29) is 6.61 Å². The van der Waals surface area contributed by atoms with E-state index in [4.69, 9.17) is 0 Å². The second-order valence-electron chi connectivity index (χ2n) is 4.99. The first kappa shape index (κ1) is 12.5. The molecule has 0 spiro atoms. The fourth-order valence-electron chi connectivity index (χ4n) is 2.31. The summed E-state index contributed by atoms with van der Waals surface area (Å²) in [4.78, 5) is 9.65. The lowest BCUT2D eigenvalue weighted by Crippen LogP contribution is -2.34. The highest BCUT2D eigenvalue weighted by Gasteiger charge is 2.29. The van der Waals surface area contributed by atoms with Gasteiger partial charge < -0.3 is 15.2 Å². The molecule has 1 aromatic rings. The number of likely N-dealkylation sites (tertiary alicyclic amines) is 1. The monoisotopic (exact) mass is 239 g/mol. The molecule has 0 bridgehead atoms. The van der Waals surface area contributed by atoms with E-state index in [1.165, 1.54) is 0 Å². The molecule has 0 saturated carbocycles. The van der Waals surface area contributed by atoms with Crippen molar-refractivity contribution in [2.75, 3.05) is 19.7 Å². The molecule has 3 N–H and O–H groups in total. The molecular weight excluding hydrogens is 218 g/mol. The number of hydrogen-bond acceptors (Lipinski definition) is 4. The lowest BCUT2D eigenvalue weighted by molar-refractivity contribution is -0.0255. The van der Waals surface area contributed by atoms with Gasteiger partial charge in [0.25, 0.3) is 0 Å². The van der Waals surface area contributed by atoms with E-state index in [0.29, 0.717) is 12.8 Å². The van der Waals surface area contributed by atoms with Crippen LogP contribution in [0, 0.1) is 6.92 Å². The topological polar surface area (TPSA) is 72.4 Å². The van der Waals surface area contributed by atoms with Gasteiger partial charge in [0.15, 0.2) is 0 Å². The highest BCUT2D eigenvalue weighted by atomic mass is 16.3. The molecule has 1 unspecified atom stereocenters. The van der Waals surface area contributed by atoms with E-state index in [1.807, 2.05) is 6.92 Å². The number of aliphatic hydroxyl groups is 2. The molecule has 5 nitrogen and oxygen atoms in total. The van der Waals surface area contributed by atoms with Crippen molar-refractivity contribution in [3.05, 3.63) is 17.7 Å². The second-order valence-corrected chi connectivity index (χ2v) is 4.99. The minimum atomic E-state index is -0.880. The molecular formula is C12H21N3O2. The summed E-state index contributed by atoms with van der Waals surface area (Å²) in [5.74, 6) is 0. The van der Waals surface area contributed by atoms with Gasteiger partial charge in [-0.15, -0.1) is 0 Å². The highest BCUT2D eigenvalue weighted by Crippen LogP contribution is 2.22. The van der Waals surface area contributed by atoms with Crippen LogP contribution in [0.2, 0.25) is 0 Å². The molecule has 1 fully saturated rings. The molecule has 1 aliphatic heterocycles. The zero-order valence-electron chi connectivity index (χ0n) is 10.3. The van der Waals surface area contributed by atoms with Crippen LogP contribution in [0.15, 0.2) is 6.33 Å². The zero-order chi connectivity index (χ0) is 12.3. The van der Waals surface area contributed by atoms with Crippen LogP contribution in [-0.2, 0) is 6.54 Å². The Morgan fingerprint density at radius 2 is 2.29 bits per heavy atom. The lowest BCUT2D eigenvalue weighted by atomic mass is 9.96. The van der Waals surface area contributed by atoms with Gasteiger partial charge >= 0.3 is 0 Å². The summed E-state index contributed by atoms with van der Waals surface area (Å²) in [6.45, 7) is 4.46. The molecule has 2 rings (SSSR count). The average Bonchev–Trinajstić information content (AvgIpc) is 2.61. The zero-order valence-corrected chi connectivity index (χ0v) is 10.3. The number of aromatic nitrogens is 2. The molecule has 1 aliphatic rings. The molecule has 0 aromatic carbocycles. The largest absolute Gasteiger partial charge is 0.393 e. The van der Waals surface area contributed by atoms with Crippen LogP contribution in [0.4, 0.5) is 0 Å². The molecule has 0 aliphatic carbocycles. The Labute approximate surface area is 101 Å². The number of aryl methyl sites for hydroxylation is 1. The second kappa shape index (κ2) is 5.16. The van der Waals surface area contributed by atoms with Crippen LogP contribution in [0.25, 0.3) is 0 Å². The summed E-state index contributed by atoms with van der Waals surface area (Å²) in [6, 6.07) is 0. The molecule has 17 heavy (non-hydrogen) atoms. The van der Waals surface area contributed by atoms with Crippen molar-refractivity contribution in [1.82, 2.24) is 14.9 Å². The normalized spacial score (nSPS) is 27.0. The third-order valence-corrected chi connectivity index (χ3v) is 3.61. The van der Waals surface area contributed by atoms with Crippen molar-refractivity contribution >= 4 is 0 Å². The Bertz CT molecular complexity index is 366. The minimum Gasteiger partial charge on any atom is -0.393 e. The first-order valence-electron chi connectivity index (χ1n) is 6.17. The van der Waals surface area contributed by atoms with Crippen LogP contribution in [-0.4, -0.2) is 50.4 Å². The highest BCUT2D eigenvalue weighted by molar-refractivity contribution is 5.08. The third-order valence-electron chi connectivity index (χ3n) is 3.61. The van der Waals surface area contributed by atoms with Gasteiger partial charge in [0, 0.05) is 18.8 Å². The number of nitrogens with one attached hydrogen (secondary N) is 1. The van der Waals surface area contributed by atoms with Gasteiger partial charge in [0.2, 0.25) is 0 Å². The van der Waals surface area contributed by atoms with Gasteiger partial charge in [-0.2, -0.15) is 0 Å². The van der Waals surface area contributed by atoms with Crippen molar-refractivity contribution in [2.24, 2.45) is 0 Å². The predicted molar refractivity (Wildman–Crippen MR) is 64.5 cm³/mol. The standard InChI is InChI=1S/C12H21N3O2/c1-10-11(14-9-13-10)7-15-5-2-3-12(17,8-16)4-6-15/h9,16-17H,2-8H2,1H3,(H,13,14). The summed E-state index contributed by atoms with van der Waals surface area (Å²) in [5.41, 5.74) is 1.29. The van der Waals surface area contributed by atoms with Gasteiger partial charge in [-0.3, -0.25) is 4.90 Å². The maximum Gasteiger partial charge on any atom is 0.0925 e. The van der Waals surface area contributed by atoms with Crippen LogP contribution in [0.3, 0.4) is 0 Å². The Kier molecular flexibility index (Phi) is 3.81. The van der Waals surface area contributed by atoms with E-state index in [9.17, 15) is 10.2 Å². The number of imidazole rings is 1. The van der Waals surface area contributed by atoms with Gasteiger partial charge in [-0.1, -0.05) is 0 Å².